The summed E-state index contributed by atoms with van der Waals surface area (Å²) in [5, 5.41) is 10.6. The zero-order chi connectivity index (χ0) is 19.8. The van der Waals surface area contributed by atoms with Crippen molar-refractivity contribution in [1.29, 1.82) is 0 Å². The third-order valence-corrected chi connectivity index (χ3v) is 3.43. The van der Waals surface area contributed by atoms with E-state index in [2.05, 4.69) is 25.5 Å². The van der Waals surface area contributed by atoms with Gasteiger partial charge in [-0.3, -0.25) is 4.79 Å². The van der Waals surface area contributed by atoms with Crippen molar-refractivity contribution in [2.24, 2.45) is 10.2 Å². The van der Waals surface area contributed by atoms with Crippen LogP contribution < -0.4 is 15.8 Å². The van der Waals surface area contributed by atoms with Gasteiger partial charge in [0.05, 0.1) is 0 Å². The number of anilines is 2. The molecule has 0 aromatic carbocycles. The molecule has 2 aromatic heterocycles. The summed E-state index contributed by atoms with van der Waals surface area (Å²) in [6.45, 7) is 6.10. The van der Waals surface area contributed by atoms with E-state index in [4.69, 9.17) is 10.5 Å². The minimum atomic E-state index is -0.518. The van der Waals surface area contributed by atoms with Gasteiger partial charge in [0.1, 0.15) is 17.2 Å². The van der Waals surface area contributed by atoms with Gasteiger partial charge in [-0.05, 0) is 38.1 Å². The van der Waals surface area contributed by atoms with Crippen LogP contribution in [0.4, 0.5) is 27.8 Å². The van der Waals surface area contributed by atoms with E-state index >= 15 is 0 Å². The van der Waals surface area contributed by atoms with E-state index in [0.717, 1.165) is 0 Å². The van der Waals surface area contributed by atoms with Crippen LogP contribution in [-0.4, -0.2) is 40.0 Å². The normalized spacial score (nSPS) is 10.6. The van der Waals surface area contributed by atoms with Gasteiger partial charge in [-0.1, -0.05) is 0 Å². The highest BCUT2D eigenvalue weighted by atomic mass is 16.6. The molecule has 0 saturated heterocycles. The average Bonchev–Trinajstić information content (AvgIpc) is 2.62. The number of rotatable bonds is 6. The summed E-state index contributed by atoms with van der Waals surface area (Å²) in [6.07, 6.45) is 0.970. The van der Waals surface area contributed by atoms with E-state index in [1.807, 2.05) is 13.8 Å². The fourth-order valence-corrected chi connectivity index (χ4v) is 2.08. The van der Waals surface area contributed by atoms with Crippen LogP contribution in [0.25, 0.3) is 0 Å². The van der Waals surface area contributed by atoms with Crippen LogP contribution in [0.5, 0.6) is 5.88 Å². The van der Waals surface area contributed by atoms with E-state index in [9.17, 15) is 9.59 Å². The van der Waals surface area contributed by atoms with E-state index < -0.39 is 6.09 Å². The average molecular weight is 371 g/mol. The summed E-state index contributed by atoms with van der Waals surface area (Å²) in [4.78, 5) is 32.7. The highest BCUT2D eigenvalue weighted by Gasteiger charge is 2.15. The van der Waals surface area contributed by atoms with Gasteiger partial charge in [0.2, 0.25) is 5.91 Å². The van der Waals surface area contributed by atoms with E-state index in [0.29, 0.717) is 24.6 Å². The number of ether oxygens (including phenoxy) is 1. The fraction of sp³-hybridized carbons (Fsp3) is 0.294. The Morgan fingerprint density at radius 1 is 1.19 bits per heavy atom. The molecular formula is C17H21N7O3. The second-order valence-corrected chi connectivity index (χ2v) is 5.35. The first-order valence-electron chi connectivity index (χ1n) is 8.32. The lowest BCUT2D eigenvalue weighted by Gasteiger charge is -2.17. The maximum absolute atomic E-state index is 12.1. The molecule has 0 saturated carbocycles. The van der Waals surface area contributed by atoms with Crippen molar-refractivity contribution >= 4 is 35.0 Å². The molecule has 2 amide bonds. The van der Waals surface area contributed by atoms with Gasteiger partial charge in [-0.15, -0.1) is 10.2 Å². The topological polar surface area (TPSA) is 135 Å². The van der Waals surface area contributed by atoms with Gasteiger partial charge in [0.25, 0.3) is 5.88 Å². The summed E-state index contributed by atoms with van der Waals surface area (Å²) in [7, 11) is 0. The fourth-order valence-electron chi connectivity index (χ4n) is 2.08. The third kappa shape index (κ3) is 5.46. The van der Waals surface area contributed by atoms with E-state index in [-0.39, 0.29) is 23.3 Å². The van der Waals surface area contributed by atoms with Gasteiger partial charge in [0, 0.05) is 26.2 Å². The summed E-state index contributed by atoms with van der Waals surface area (Å²) >= 11 is 0. The van der Waals surface area contributed by atoms with Crippen LogP contribution in [0.15, 0.2) is 40.7 Å². The predicted octanol–water partition coefficient (Wildman–Crippen LogP) is 3.27. The molecule has 2 heterocycles. The van der Waals surface area contributed by atoms with Crippen molar-refractivity contribution < 1.29 is 14.3 Å². The molecule has 10 heteroatoms. The number of carbonyl (C=O) groups is 2. The third-order valence-electron chi connectivity index (χ3n) is 3.43. The quantitative estimate of drug-likeness (QED) is 0.748. The number of nitrogens with two attached hydrogens (primary N) is 1. The zero-order valence-electron chi connectivity index (χ0n) is 15.3. The van der Waals surface area contributed by atoms with Crippen LogP contribution >= 0.6 is 0 Å². The highest BCUT2D eigenvalue weighted by molar-refractivity contribution is 5.88. The lowest BCUT2D eigenvalue weighted by atomic mass is 10.4. The maximum atomic E-state index is 12.1. The molecule has 0 fully saturated rings. The number of azo groups is 1. The molecule has 142 valence electrons. The molecule has 0 spiro atoms. The Labute approximate surface area is 156 Å². The van der Waals surface area contributed by atoms with Crippen molar-refractivity contribution in [1.82, 2.24) is 14.9 Å². The number of amides is 2. The van der Waals surface area contributed by atoms with Crippen molar-refractivity contribution in [3.05, 3.63) is 30.5 Å². The number of hydrogen-bond acceptors (Lipinski definition) is 8. The Bertz CT molecular complexity index is 850. The Balaban J connectivity index is 2.20. The minimum absolute atomic E-state index is 0.0412. The van der Waals surface area contributed by atoms with Gasteiger partial charge >= 0.3 is 6.09 Å². The molecule has 10 nitrogen and oxygen atoms in total. The Hall–Kier alpha value is -3.56. The molecule has 2 rings (SSSR count). The SMILES string of the molecule is CCN(CC)C(=O)Oc1ncccc1N=Nc1ccc(NC(C)=O)nc1N. The van der Waals surface area contributed by atoms with Gasteiger partial charge < -0.3 is 20.7 Å². The molecule has 0 aliphatic heterocycles. The smallest absolute Gasteiger partial charge is 0.389 e. The van der Waals surface area contributed by atoms with Crippen molar-refractivity contribution in [3.63, 3.8) is 0 Å². The first-order chi connectivity index (χ1) is 12.9. The summed E-state index contributed by atoms with van der Waals surface area (Å²) < 4.78 is 5.30. The van der Waals surface area contributed by atoms with E-state index in [1.54, 1.807) is 24.3 Å². The highest BCUT2D eigenvalue weighted by Crippen LogP contribution is 2.29. The number of pyridine rings is 2. The number of nitrogens with one attached hydrogen (secondary N) is 1. The van der Waals surface area contributed by atoms with Crippen molar-refractivity contribution in [2.45, 2.75) is 20.8 Å². The molecule has 0 unspecified atom stereocenters. The van der Waals surface area contributed by atoms with Gasteiger partial charge in [0.15, 0.2) is 5.82 Å². The molecule has 0 aliphatic carbocycles. The van der Waals surface area contributed by atoms with Crippen LogP contribution in [-0.2, 0) is 4.79 Å². The molecule has 2 aromatic rings. The molecule has 27 heavy (non-hydrogen) atoms. The second-order valence-electron chi connectivity index (χ2n) is 5.35. The maximum Gasteiger partial charge on any atom is 0.416 e. The predicted molar refractivity (Wildman–Crippen MR) is 100 cm³/mol. The second kappa shape index (κ2) is 9.22. The summed E-state index contributed by atoms with van der Waals surface area (Å²) in [6, 6.07) is 6.37. The van der Waals surface area contributed by atoms with Crippen LogP contribution in [0, 0.1) is 0 Å². The summed E-state index contributed by atoms with van der Waals surface area (Å²) in [5.41, 5.74) is 6.40. The van der Waals surface area contributed by atoms with E-state index in [1.165, 1.54) is 18.0 Å². The van der Waals surface area contributed by atoms with Crippen LogP contribution in [0.1, 0.15) is 20.8 Å². The van der Waals surface area contributed by atoms with Crippen LogP contribution in [0.3, 0.4) is 0 Å². The number of carbonyl (C=O) groups excluding carboxylic acids is 2. The monoisotopic (exact) mass is 371 g/mol. The van der Waals surface area contributed by atoms with Gasteiger partial charge in [-0.2, -0.15) is 0 Å². The minimum Gasteiger partial charge on any atom is -0.389 e. The Kier molecular flexibility index (Phi) is 6.75. The molecule has 0 aliphatic rings. The molecule has 3 N–H and O–H groups in total. The van der Waals surface area contributed by atoms with Crippen molar-refractivity contribution in [3.8, 4) is 5.88 Å². The Morgan fingerprint density at radius 2 is 1.89 bits per heavy atom. The number of nitrogens with zero attached hydrogens (tertiary/aromatic N) is 5. The molecule has 0 bridgehead atoms. The molecule has 0 radical (unpaired) electrons. The molecule has 0 atom stereocenters. The number of hydrogen-bond donors (Lipinski definition) is 2. The first kappa shape index (κ1) is 19.8. The summed E-state index contributed by atoms with van der Waals surface area (Å²) in [5.74, 6) is 0.190. The lowest BCUT2D eigenvalue weighted by Crippen LogP contribution is -2.33. The van der Waals surface area contributed by atoms with Crippen LogP contribution in [0.2, 0.25) is 0 Å². The van der Waals surface area contributed by atoms with Gasteiger partial charge in [-0.25, -0.2) is 14.8 Å². The number of nitrogen functional groups attached to an aromatic ring is 1. The zero-order valence-corrected chi connectivity index (χ0v) is 15.3. The number of aromatic nitrogens is 2. The first-order valence-corrected chi connectivity index (χ1v) is 8.32. The standard InChI is InChI=1S/C17H21N7O3/c1-4-24(5-2)17(26)27-16-13(7-6-10-19-16)23-22-12-8-9-14(20-11(3)25)21-15(12)18/h6-10H,4-5H2,1-3H3,(H3,18,20,21,25). The molecular weight excluding hydrogens is 350 g/mol. The lowest BCUT2D eigenvalue weighted by molar-refractivity contribution is -0.114. The largest absolute Gasteiger partial charge is 0.416 e. The Morgan fingerprint density at radius 3 is 2.52 bits per heavy atom. The van der Waals surface area contributed by atoms with Crippen molar-refractivity contribution in [2.75, 3.05) is 24.1 Å².